The molecule has 0 radical (unpaired) electrons. The number of rotatable bonds is 11. The van der Waals surface area contributed by atoms with Gasteiger partial charge in [0, 0.05) is 12.1 Å². The maximum atomic E-state index is 12.9. The third-order valence-corrected chi connectivity index (χ3v) is 4.71. The van der Waals surface area contributed by atoms with E-state index >= 15 is 0 Å². The lowest BCUT2D eigenvalue weighted by Gasteiger charge is -2.21. The van der Waals surface area contributed by atoms with E-state index in [0.29, 0.717) is 24.2 Å². The van der Waals surface area contributed by atoms with Gasteiger partial charge in [-0.2, -0.15) is 0 Å². The van der Waals surface area contributed by atoms with Crippen molar-refractivity contribution in [2.45, 2.75) is 79.6 Å². The Morgan fingerprint density at radius 3 is 2.30 bits per heavy atom. The molecule has 0 spiro atoms. The summed E-state index contributed by atoms with van der Waals surface area (Å²) < 4.78 is 0. The molecule has 4 nitrogen and oxygen atoms in total. The van der Waals surface area contributed by atoms with Crippen molar-refractivity contribution in [3.05, 3.63) is 45.9 Å². The number of Topliss-reactive ketones (excluding diaryl/α,β-unsaturated/α-hetero) is 2. The summed E-state index contributed by atoms with van der Waals surface area (Å²) in [6.45, 7) is 10.7. The van der Waals surface area contributed by atoms with Crippen LogP contribution in [0, 0.1) is 0 Å². The van der Waals surface area contributed by atoms with Gasteiger partial charge in [0.05, 0.1) is 11.3 Å². The second kappa shape index (κ2) is 11.6. The highest BCUT2D eigenvalue weighted by Gasteiger charge is 2.33. The molecule has 0 aromatic rings. The molecule has 0 saturated carbocycles. The van der Waals surface area contributed by atoms with Crippen LogP contribution in [-0.4, -0.2) is 23.2 Å². The van der Waals surface area contributed by atoms with Crippen LogP contribution in [-0.2, 0) is 9.59 Å². The summed E-state index contributed by atoms with van der Waals surface area (Å²) in [6, 6.07) is 0. The van der Waals surface area contributed by atoms with Crippen LogP contribution in [0.5, 0.6) is 0 Å². The average Bonchev–Trinajstić information content (AvgIpc) is 2.61. The largest absolute Gasteiger partial charge is 0.504 e. The number of unbranched alkanes of at least 4 members (excludes halogenated alkanes) is 2. The summed E-state index contributed by atoms with van der Waals surface area (Å²) in [7, 11) is 0. The predicted molar refractivity (Wildman–Crippen MR) is 112 cm³/mol. The molecule has 150 valence electrons. The predicted octanol–water partition coefficient (Wildman–Crippen LogP) is 5.48. The fourth-order valence-electron chi connectivity index (χ4n) is 3.10. The number of hydrogen-bond donors (Lipinski definition) is 2. The summed E-state index contributed by atoms with van der Waals surface area (Å²) in [5.74, 6) is -1.01. The number of carbonyl (C=O) groups is 2. The zero-order valence-corrected chi connectivity index (χ0v) is 17.6. The van der Waals surface area contributed by atoms with Gasteiger partial charge < -0.3 is 10.4 Å². The normalized spacial score (nSPS) is 15.5. The molecule has 0 saturated heterocycles. The first kappa shape index (κ1) is 22.9. The van der Waals surface area contributed by atoms with Gasteiger partial charge in [-0.05, 0) is 59.8 Å². The number of allylic oxidation sites excluding steroid dienone is 6. The van der Waals surface area contributed by atoms with Crippen LogP contribution < -0.4 is 5.32 Å². The van der Waals surface area contributed by atoms with Crippen LogP contribution in [0.1, 0.15) is 79.6 Å². The zero-order chi connectivity index (χ0) is 20.4. The number of likely N-dealkylation sites (N-methyl/N-ethyl adjacent to an activating group) is 1. The van der Waals surface area contributed by atoms with Crippen LogP contribution in [0.15, 0.2) is 45.9 Å². The molecule has 0 aliphatic heterocycles. The van der Waals surface area contributed by atoms with E-state index in [0.717, 1.165) is 37.7 Å². The van der Waals surface area contributed by atoms with Crippen LogP contribution in [0.2, 0.25) is 0 Å². The van der Waals surface area contributed by atoms with E-state index in [1.165, 1.54) is 5.57 Å². The number of aliphatic hydroxyl groups excluding tert-OH is 1. The van der Waals surface area contributed by atoms with E-state index in [-0.39, 0.29) is 23.5 Å². The van der Waals surface area contributed by atoms with E-state index in [1.807, 2.05) is 19.9 Å². The standard InChI is InChI=1S/C23H35NO3/c1-6-8-9-13-18-20(24-7-2)21(25)19(23(27)22(18)26)15-14-17(5)12-10-11-16(3)4/h11,14,24,27H,6-10,12-13,15H2,1-5H3. The van der Waals surface area contributed by atoms with Gasteiger partial charge in [0.25, 0.3) is 0 Å². The molecule has 1 aliphatic rings. The highest BCUT2D eigenvalue weighted by molar-refractivity contribution is 6.24. The van der Waals surface area contributed by atoms with Crippen LogP contribution in [0.3, 0.4) is 0 Å². The minimum absolute atomic E-state index is 0.205. The van der Waals surface area contributed by atoms with Gasteiger partial charge in [-0.3, -0.25) is 9.59 Å². The van der Waals surface area contributed by atoms with E-state index < -0.39 is 5.78 Å². The monoisotopic (exact) mass is 373 g/mol. The molecule has 4 heteroatoms. The van der Waals surface area contributed by atoms with Gasteiger partial charge in [0.2, 0.25) is 11.6 Å². The van der Waals surface area contributed by atoms with Gasteiger partial charge in [-0.15, -0.1) is 0 Å². The second-order valence-electron chi connectivity index (χ2n) is 7.40. The Bertz CT molecular complexity index is 674. The van der Waals surface area contributed by atoms with Crippen LogP contribution in [0.25, 0.3) is 0 Å². The van der Waals surface area contributed by atoms with Crippen molar-refractivity contribution >= 4 is 11.6 Å². The topological polar surface area (TPSA) is 66.4 Å². The number of carbonyl (C=O) groups excluding carboxylic acids is 2. The summed E-state index contributed by atoms with van der Waals surface area (Å²) in [5, 5.41) is 13.5. The molecule has 1 aliphatic carbocycles. The van der Waals surface area contributed by atoms with Gasteiger partial charge in [-0.25, -0.2) is 0 Å². The van der Waals surface area contributed by atoms with Crippen molar-refractivity contribution in [1.82, 2.24) is 5.32 Å². The van der Waals surface area contributed by atoms with Crippen LogP contribution >= 0.6 is 0 Å². The van der Waals surface area contributed by atoms with E-state index in [9.17, 15) is 14.7 Å². The molecule has 2 N–H and O–H groups in total. The molecular weight excluding hydrogens is 338 g/mol. The van der Waals surface area contributed by atoms with E-state index in [4.69, 9.17) is 0 Å². The lowest BCUT2D eigenvalue weighted by atomic mass is 9.87. The SMILES string of the molecule is CCCCCC1=C(NCC)C(=O)C(CC=C(C)CCC=C(C)C)=C(O)C1=O. The number of hydrogen-bond acceptors (Lipinski definition) is 4. The lowest BCUT2D eigenvalue weighted by molar-refractivity contribution is -0.118. The van der Waals surface area contributed by atoms with Gasteiger partial charge >= 0.3 is 0 Å². The molecule has 0 aromatic carbocycles. The van der Waals surface area contributed by atoms with Crippen molar-refractivity contribution in [1.29, 1.82) is 0 Å². The Balaban J connectivity index is 2.97. The number of aliphatic hydroxyl groups is 1. The molecule has 1 rings (SSSR count). The fraction of sp³-hybridized carbons (Fsp3) is 0.565. The molecule has 0 amide bonds. The Kier molecular flexibility index (Phi) is 9.84. The van der Waals surface area contributed by atoms with Crippen molar-refractivity contribution in [2.24, 2.45) is 0 Å². The maximum Gasteiger partial charge on any atom is 0.225 e. The lowest BCUT2D eigenvalue weighted by Crippen LogP contribution is -2.31. The zero-order valence-electron chi connectivity index (χ0n) is 17.6. The van der Waals surface area contributed by atoms with E-state index in [2.05, 4.69) is 32.2 Å². The molecule has 0 bridgehead atoms. The first-order chi connectivity index (χ1) is 12.8. The van der Waals surface area contributed by atoms with Gasteiger partial charge in [-0.1, -0.05) is 43.1 Å². The van der Waals surface area contributed by atoms with Gasteiger partial charge in [0.15, 0.2) is 5.76 Å². The molecule has 27 heavy (non-hydrogen) atoms. The maximum absolute atomic E-state index is 12.9. The summed E-state index contributed by atoms with van der Waals surface area (Å²) in [6.07, 6.45) is 9.66. The third-order valence-electron chi connectivity index (χ3n) is 4.71. The van der Waals surface area contributed by atoms with Crippen molar-refractivity contribution in [2.75, 3.05) is 6.54 Å². The smallest absolute Gasteiger partial charge is 0.225 e. The quantitative estimate of drug-likeness (QED) is 0.286. The minimum Gasteiger partial charge on any atom is -0.504 e. The third kappa shape index (κ3) is 6.85. The minimum atomic E-state index is -0.396. The summed E-state index contributed by atoms with van der Waals surface area (Å²) >= 11 is 0. The molecular formula is C23H35NO3. The molecule has 0 fully saturated rings. The molecule has 0 atom stereocenters. The highest BCUT2D eigenvalue weighted by Crippen LogP contribution is 2.28. The summed E-state index contributed by atoms with van der Waals surface area (Å²) in [5.41, 5.74) is 3.45. The van der Waals surface area contributed by atoms with Crippen molar-refractivity contribution < 1.29 is 14.7 Å². The van der Waals surface area contributed by atoms with Crippen molar-refractivity contribution in [3.63, 3.8) is 0 Å². The first-order valence-corrected chi connectivity index (χ1v) is 10.1. The Hall–Kier alpha value is -2.10. The Labute approximate surface area is 164 Å². The number of nitrogens with one attached hydrogen (secondary N) is 1. The molecule has 0 aromatic heterocycles. The first-order valence-electron chi connectivity index (χ1n) is 10.1. The number of ketones is 2. The molecule has 0 unspecified atom stereocenters. The Morgan fingerprint density at radius 1 is 1.00 bits per heavy atom. The van der Waals surface area contributed by atoms with Crippen molar-refractivity contribution in [3.8, 4) is 0 Å². The second-order valence-corrected chi connectivity index (χ2v) is 7.40. The Morgan fingerprint density at radius 2 is 1.70 bits per heavy atom. The van der Waals surface area contributed by atoms with Gasteiger partial charge in [0.1, 0.15) is 0 Å². The molecule has 0 heterocycles. The summed E-state index contributed by atoms with van der Waals surface area (Å²) in [4.78, 5) is 25.6. The highest BCUT2D eigenvalue weighted by atomic mass is 16.3. The fourth-order valence-corrected chi connectivity index (χ4v) is 3.10. The average molecular weight is 374 g/mol. The van der Waals surface area contributed by atoms with Crippen LogP contribution in [0.4, 0.5) is 0 Å². The van der Waals surface area contributed by atoms with E-state index in [1.54, 1.807) is 0 Å².